The highest BCUT2D eigenvalue weighted by Crippen LogP contribution is 2.32. The number of pyridine rings is 1. The van der Waals surface area contributed by atoms with E-state index in [9.17, 15) is 19.5 Å². The van der Waals surface area contributed by atoms with Gasteiger partial charge in [0.05, 0.1) is 16.3 Å². The van der Waals surface area contributed by atoms with Crippen molar-refractivity contribution in [2.75, 3.05) is 31.3 Å². The van der Waals surface area contributed by atoms with E-state index in [4.69, 9.17) is 23.2 Å². The minimum Gasteiger partial charge on any atom is -0.506 e. The summed E-state index contributed by atoms with van der Waals surface area (Å²) in [6, 6.07) is 11.8. The minimum absolute atomic E-state index is 0.0755. The summed E-state index contributed by atoms with van der Waals surface area (Å²) in [5.74, 6) is -1.43. The monoisotopic (exact) mass is 566 g/mol. The number of likely N-dealkylation sites (N-methyl/N-ethyl adjacent to an activating group) is 1. The number of halogens is 2. The van der Waals surface area contributed by atoms with Crippen LogP contribution in [0.25, 0.3) is 11.3 Å². The van der Waals surface area contributed by atoms with Crippen LogP contribution in [0.5, 0.6) is 5.75 Å². The molecule has 0 atom stereocenters. The van der Waals surface area contributed by atoms with Gasteiger partial charge in [0.15, 0.2) is 0 Å². The summed E-state index contributed by atoms with van der Waals surface area (Å²) in [5, 5.41) is 16.1. The summed E-state index contributed by atoms with van der Waals surface area (Å²) in [6.45, 7) is 1.20. The number of aromatic hydroxyl groups is 1. The van der Waals surface area contributed by atoms with Gasteiger partial charge < -0.3 is 25.2 Å². The molecule has 0 unspecified atom stereocenters. The molecule has 3 N–H and O–H groups in total. The molecule has 200 valence electrons. The molecular weight excluding hydrogens is 543 g/mol. The molecule has 0 saturated heterocycles. The third kappa shape index (κ3) is 6.80. The third-order valence-corrected chi connectivity index (χ3v) is 6.10. The number of hydrogen-bond donors (Lipinski definition) is 3. The first-order valence-corrected chi connectivity index (χ1v) is 12.5. The lowest BCUT2D eigenvalue weighted by Gasteiger charge is -2.14. The van der Waals surface area contributed by atoms with Gasteiger partial charge in [0, 0.05) is 53.9 Å². The van der Waals surface area contributed by atoms with Crippen LogP contribution in [-0.4, -0.2) is 57.0 Å². The molecule has 0 bridgehead atoms. The Bertz CT molecular complexity index is 1570. The molecule has 4 aromatic rings. The molecule has 0 saturated carbocycles. The molecule has 10 nitrogen and oxygen atoms in total. The van der Waals surface area contributed by atoms with Gasteiger partial charge in [-0.1, -0.05) is 35.3 Å². The number of carbonyl (C=O) groups is 2. The topological polar surface area (TPSA) is 129 Å². The molecule has 2 aromatic heterocycles. The van der Waals surface area contributed by atoms with E-state index in [-0.39, 0.29) is 38.9 Å². The summed E-state index contributed by atoms with van der Waals surface area (Å²) in [5.41, 5.74) is 0.576. The normalized spacial score (nSPS) is 10.9. The number of nitrogens with one attached hydrogen (secondary N) is 2. The molecule has 2 heterocycles. The minimum atomic E-state index is -0.658. The average Bonchev–Trinajstić information content (AvgIpc) is 2.90. The molecule has 12 heteroatoms. The van der Waals surface area contributed by atoms with Gasteiger partial charge >= 0.3 is 0 Å². The Labute approximate surface area is 233 Å². The number of nitrogens with zero attached hydrogens (tertiary/aromatic N) is 4. The number of amides is 2. The first-order chi connectivity index (χ1) is 18.6. The maximum absolute atomic E-state index is 13.0. The van der Waals surface area contributed by atoms with Gasteiger partial charge in [0.25, 0.3) is 17.4 Å². The fraction of sp³-hybridized carbons (Fsp3) is 0.148. The molecule has 0 spiro atoms. The Morgan fingerprint density at radius 2 is 1.72 bits per heavy atom. The van der Waals surface area contributed by atoms with Crippen molar-refractivity contribution in [3.8, 4) is 17.0 Å². The van der Waals surface area contributed by atoms with E-state index >= 15 is 0 Å². The second kappa shape index (κ2) is 12.1. The van der Waals surface area contributed by atoms with E-state index in [2.05, 4.69) is 20.6 Å². The van der Waals surface area contributed by atoms with Gasteiger partial charge in [-0.25, -0.2) is 9.97 Å². The van der Waals surface area contributed by atoms with Crippen LogP contribution in [0.3, 0.4) is 0 Å². The maximum atomic E-state index is 13.0. The van der Waals surface area contributed by atoms with Gasteiger partial charge in [0.2, 0.25) is 0 Å². The fourth-order valence-corrected chi connectivity index (χ4v) is 3.95. The van der Waals surface area contributed by atoms with Crippen molar-refractivity contribution < 1.29 is 14.7 Å². The van der Waals surface area contributed by atoms with Gasteiger partial charge in [-0.15, -0.1) is 0 Å². The summed E-state index contributed by atoms with van der Waals surface area (Å²) >= 11 is 11.9. The first-order valence-electron chi connectivity index (χ1n) is 11.7. The Morgan fingerprint density at radius 3 is 2.38 bits per heavy atom. The fourth-order valence-electron chi connectivity index (χ4n) is 3.63. The lowest BCUT2D eigenvalue weighted by molar-refractivity contribution is 0.102. The van der Waals surface area contributed by atoms with Crippen LogP contribution < -0.4 is 16.2 Å². The number of phenols is 1. The van der Waals surface area contributed by atoms with Crippen LogP contribution >= 0.6 is 23.2 Å². The third-order valence-electron chi connectivity index (χ3n) is 5.66. The number of aromatic nitrogens is 3. The zero-order valence-electron chi connectivity index (χ0n) is 21.0. The van der Waals surface area contributed by atoms with E-state index in [1.807, 2.05) is 19.0 Å². The van der Waals surface area contributed by atoms with Crippen molar-refractivity contribution in [3.63, 3.8) is 0 Å². The summed E-state index contributed by atoms with van der Waals surface area (Å²) in [6.07, 6.45) is 4.55. The van der Waals surface area contributed by atoms with Crippen molar-refractivity contribution in [1.29, 1.82) is 0 Å². The summed E-state index contributed by atoms with van der Waals surface area (Å²) in [4.78, 5) is 49.1. The van der Waals surface area contributed by atoms with E-state index in [1.54, 1.807) is 35.2 Å². The van der Waals surface area contributed by atoms with E-state index in [1.165, 1.54) is 36.5 Å². The van der Waals surface area contributed by atoms with Crippen molar-refractivity contribution >= 4 is 46.5 Å². The van der Waals surface area contributed by atoms with Gasteiger partial charge in [0.1, 0.15) is 17.3 Å². The standard InChI is InChI=1S/C27H24Cl2N6O4/c1-34(2)11-12-35-10-9-30-23(27(35)39)16-3-5-17(6-4-16)25(37)33-24-20(13-19(29)14-21(24)36)26(38)32-22-8-7-18(28)15-31-22/h3-10,13-15,36H,11-12H2,1-2H3,(H,33,37)(H,31,32,38). The van der Waals surface area contributed by atoms with Crippen LogP contribution in [0.1, 0.15) is 20.7 Å². The second-order valence-electron chi connectivity index (χ2n) is 8.77. The molecule has 0 aliphatic carbocycles. The maximum Gasteiger partial charge on any atom is 0.277 e. The van der Waals surface area contributed by atoms with Crippen LogP contribution in [-0.2, 0) is 6.54 Å². The number of hydrogen-bond acceptors (Lipinski definition) is 7. The Morgan fingerprint density at radius 1 is 0.974 bits per heavy atom. The van der Waals surface area contributed by atoms with Crippen molar-refractivity contribution in [2.45, 2.75) is 6.54 Å². The molecule has 0 aliphatic rings. The van der Waals surface area contributed by atoms with E-state index < -0.39 is 17.6 Å². The highest BCUT2D eigenvalue weighted by atomic mass is 35.5. The Kier molecular flexibility index (Phi) is 8.60. The number of anilines is 2. The summed E-state index contributed by atoms with van der Waals surface area (Å²) in [7, 11) is 3.85. The highest BCUT2D eigenvalue weighted by molar-refractivity contribution is 6.32. The van der Waals surface area contributed by atoms with Crippen molar-refractivity contribution in [3.05, 3.63) is 98.6 Å². The van der Waals surface area contributed by atoms with Crippen LogP contribution in [0.15, 0.2) is 71.9 Å². The van der Waals surface area contributed by atoms with Crippen LogP contribution in [0, 0.1) is 0 Å². The zero-order valence-corrected chi connectivity index (χ0v) is 22.5. The quantitative estimate of drug-likeness (QED) is 0.270. The van der Waals surface area contributed by atoms with Gasteiger partial charge in [-0.2, -0.15) is 0 Å². The molecule has 39 heavy (non-hydrogen) atoms. The van der Waals surface area contributed by atoms with E-state index in [0.29, 0.717) is 23.7 Å². The molecule has 2 aromatic carbocycles. The van der Waals surface area contributed by atoms with E-state index in [0.717, 1.165) is 0 Å². The molecular formula is C27H24Cl2N6O4. The molecule has 2 amide bonds. The Balaban J connectivity index is 1.55. The zero-order chi connectivity index (χ0) is 28.1. The smallest absolute Gasteiger partial charge is 0.277 e. The largest absolute Gasteiger partial charge is 0.506 e. The molecule has 4 rings (SSSR count). The average molecular weight is 567 g/mol. The molecule has 0 fully saturated rings. The Hall–Kier alpha value is -4.25. The van der Waals surface area contributed by atoms with Crippen LogP contribution in [0.2, 0.25) is 10.0 Å². The SMILES string of the molecule is CN(C)CCn1ccnc(-c2ccc(C(=O)Nc3c(O)cc(Cl)cc3C(=O)Nc3ccc(Cl)cn3)cc2)c1=O. The lowest BCUT2D eigenvalue weighted by Crippen LogP contribution is -2.27. The number of benzene rings is 2. The van der Waals surface area contributed by atoms with Gasteiger partial charge in [-0.3, -0.25) is 14.4 Å². The predicted octanol–water partition coefficient (Wildman–Crippen LogP) is 4.38. The first kappa shape index (κ1) is 27.8. The highest BCUT2D eigenvalue weighted by Gasteiger charge is 2.20. The van der Waals surface area contributed by atoms with Crippen molar-refractivity contribution in [1.82, 2.24) is 19.4 Å². The van der Waals surface area contributed by atoms with Crippen molar-refractivity contribution in [2.24, 2.45) is 0 Å². The summed E-state index contributed by atoms with van der Waals surface area (Å²) < 4.78 is 1.58. The van der Waals surface area contributed by atoms with Gasteiger partial charge in [-0.05, 0) is 44.4 Å². The number of carbonyl (C=O) groups excluding carboxylic acids is 2. The molecule has 0 radical (unpaired) electrons. The number of rotatable bonds is 8. The number of phenolic OH excluding ortho intramolecular Hbond substituents is 1. The predicted molar refractivity (Wildman–Crippen MR) is 151 cm³/mol. The second-order valence-corrected chi connectivity index (χ2v) is 9.65. The molecule has 0 aliphatic heterocycles. The lowest BCUT2D eigenvalue weighted by atomic mass is 10.1. The van der Waals surface area contributed by atoms with Crippen LogP contribution in [0.4, 0.5) is 11.5 Å².